The van der Waals surface area contributed by atoms with Crippen LogP contribution in [0.25, 0.3) is 0 Å². The van der Waals surface area contributed by atoms with Crippen LogP contribution in [0.2, 0.25) is 0 Å². The van der Waals surface area contributed by atoms with Crippen LogP contribution in [0, 0.1) is 0 Å². The van der Waals surface area contributed by atoms with Gasteiger partial charge >= 0.3 is 0 Å². The molecule has 16 heavy (non-hydrogen) atoms. The molecule has 0 heterocycles. The van der Waals surface area contributed by atoms with E-state index in [1.807, 2.05) is 6.07 Å². The number of aldehydes is 1. The third kappa shape index (κ3) is 4.67. The molecule has 0 saturated heterocycles. The molecule has 0 aromatic heterocycles. The zero-order valence-corrected chi connectivity index (χ0v) is 11.9. The topological polar surface area (TPSA) is 51.2 Å². The number of hydrogen-bond acceptors (Lipinski definition) is 4. The molecule has 88 valence electrons. The Morgan fingerprint density at radius 2 is 2.12 bits per heavy atom. The Kier molecular flexibility index (Phi) is 5.01. The van der Waals surface area contributed by atoms with E-state index in [0.29, 0.717) is 11.3 Å². The van der Waals surface area contributed by atoms with Gasteiger partial charge < -0.3 is 0 Å². The number of thioether (sulfide) groups is 1. The van der Waals surface area contributed by atoms with E-state index in [1.165, 1.54) is 18.0 Å². The fraction of sp³-hybridized carbons (Fsp3) is 0.300. The first-order chi connectivity index (χ1) is 7.42. The van der Waals surface area contributed by atoms with E-state index in [0.717, 1.165) is 15.7 Å². The molecule has 0 spiro atoms. The van der Waals surface area contributed by atoms with Crippen molar-refractivity contribution in [3.63, 3.8) is 0 Å². The Morgan fingerprint density at radius 1 is 1.44 bits per heavy atom. The van der Waals surface area contributed by atoms with Gasteiger partial charge in [0.1, 0.15) is 9.84 Å². The molecule has 0 radical (unpaired) electrons. The van der Waals surface area contributed by atoms with Crippen LogP contribution in [0.3, 0.4) is 0 Å². The smallest absolute Gasteiger partial charge is 0.151 e. The third-order valence-corrected chi connectivity index (χ3v) is 4.58. The molecule has 0 aliphatic carbocycles. The van der Waals surface area contributed by atoms with Crippen molar-refractivity contribution in [2.45, 2.75) is 4.90 Å². The van der Waals surface area contributed by atoms with E-state index in [9.17, 15) is 13.2 Å². The van der Waals surface area contributed by atoms with Crippen LogP contribution >= 0.6 is 27.7 Å². The van der Waals surface area contributed by atoms with Gasteiger partial charge in [0.05, 0.1) is 5.75 Å². The summed E-state index contributed by atoms with van der Waals surface area (Å²) in [7, 11) is -2.94. The molecule has 1 aromatic rings. The van der Waals surface area contributed by atoms with Crippen molar-refractivity contribution in [1.82, 2.24) is 0 Å². The lowest BCUT2D eigenvalue weighted by molar-refractivity contribution is 0.112. The van der Waals surface area contributed by atoms with Gasteiger partial charge in [-0.25, -0.2) is 8.42 Å². The van der Waals surface area contributed by atoms with E-state index in [2.05, 4.69) is 15.9 Å². The quantitative estimate of drug-likeness (QED) is 0.617. The van der Waals surface area contributed by atoms with E-state index in [1.54, 1.807) is 12.1 Å². The van der Waals surface area contributed by atoms with E-state index in [4.69, 9.17) is 0 Å². The largest absolute Gasteiger partial charge is 0.298 e. The van der Waals surface area contributed by atoms with Crippen LogP contribution in [0.5, 0.6) is 0 Å². The van der Waals surface area contributed by atoms with Crippen molar-refractivity contribution < 1.29 is 13.2 Å². The molecule has 3 nitrogen and oxygen atoms in total. The summed E-state index contributed by atoms with van der Waals surface area (Å²) in [5, 5.41) is 0. The maximum Gasteiger partial charge on any atom is 0.151 e. The summed E-state index contributed by atoms with van der Waals surface area (Å²) in [5.41, 5.74) is 0.585. The number of hydrogen-bond donors (Lipinski definition) is 0. The number of sulfone groups is 1. The molecule has 0 fully saturated rings. The molecule has 0 amide bonds. The maximum atomic E-state index is 11.0. The molecule has 6 heteroatoms. The second-order valence-corrected chi connectivity index (χ2v) is 7.59. The van der Waals surface area contributed by atoms with Crippen LogP contribution in [-0.4, -0.2) is 32.5 Å². The Morgan fingerprint density at radius 3 is 2.69 bits per heavy atom. The van der Waals surface area contributed by atoms with Crippen LogP contribution in [0.1, 0.15) is 10.4 Å². The highest BCUT2D eigenvalue weighted by Gasteiger charge is 2.06. The van der Waals surface area contributed by atoms with Gasteiger partial charge in [-0.1, -0.05) is 15.9 Å². The third-order valence-electron chi connectivity index (χ3n) is 1.81. The van der Waals surface area contributed by atoms with Gasteiger partial charge in [-0.2, -0.15) is 0 Å². The molecule has 1 aromatic carbocycles. The zero-order valence-electron chi connectivity index (χ0n) is 8.64. The first-order valence-electron chi connectivity index (χ1n) is 4.47. The fourth-order valence-electron chi connectivity index (χ4n) is 1.03. The average Bonchev–Trinajstić information content (AvgIpc) is 2.16. The first-order valence-corrected chi connectivity index (χ1v) is 8.31. The Labute approximate surface area is 108 Å². The van der Waals surface area contributed by atoms with Crippen LogP contribution in [-0.2, 0) is 9.84 Å². The minimum atomic E-state index is -2.94. The van der Waals surface area contributed by atoms with Gasteiger partial charge in [-0.05, 0) is 18.2 Å². The van der Waals surface area contributed by atoms with Gasteiger partial charge in [0.25, 0.3) is 0 Å². The molecule has 0 saturated carbocycles. The highest BCUT2D eigenvalue weighted by atomic mass is 79.9. The van der Waals surface area contributed by atoms with Crippen LogP contribution in [0.15, 0.2) is 27.6 Å². The minimum absolute atomic E-state index is 0.114. The SMILES string of the molecule is CS(=O)(=O)CCSc1cc(Br)ccc1C=O. The lowest BCUT2D eigenvalue weighted by Crippen LogP contribution is -2.05. The Bertz CT molecular complexity index is 483. The number of carbonyl (C=O) groups excluding carboxylic acids is 1. The van der Waals surface area contributed by atoms with E-state index < -0.39 is 9.84 Å². The van der Waals surface area contributed by atoms with Crippen LogP contribution in [0.4, 0.5) is 0 Å². The standard InChI is InChI=1S/C10H11BrO3S2/c1-16(13,14)5-4-15-10-6-9(11)3-2-8(10)7-12/h2-3,6-7H,4-5H2,1H3. The second-order valence-electron chi connectivity index (χ2n) is 3.28. The predicted octanol–water partition coefficient (Wildman–Crippen LogP) is 2.40. The summed E-state index contributed by atoms with van der Waals surface area (Å²) in [6.45, 7) is 0. The summed E-state index contributed by atoms with van der Waals surface area (Å²) in [6, 6.07) is 5.31. The zero-order chi connectivity index (χ0) is 12.2. The molecule has 0 N–H and O–H groups in total. The number of carbonyl (C=O) groups is 1. The fourth-order valence-corrected chi connectivity index (χ4v) is 3.80. The minimum Gasteiger partial charge on any atom is -0.298 e. The number of halogens is 1. The number of benzene rings is 1. The lowest BCUT2D eigenvalue weighted by atomic mass is 10.2. The molecular formula is C10H11BrO3S2. The van der Waals surface area contributed by atoms with Crippen molar-refractivity contribution in [3.05, 3.63) is 28.2 Å². The van der Waals surface area contributed by atoms with Gasteiger partial charge in [-0.15, -0.1) is 11.8 Å². The molecular weight excluding hydrogens is 312 g/mol. The van der Waals surface area contributed by atoms with Crippen molar-refractivity contribution in [1.29, 1.82) is 0 Å². The Hall–Kier alpha value is -0.330. The normalized spacial score (nSPS) is 11.4. The van der Waals surface area contributed by atoms with Gasteiger partial charge in [0, 0.05) is 26.9 Å². The van der Waals surface area contributed by atoms with Crippen LogP contribution < -0.4 is 0 Å². The lowest BCUT2D eigenvalue weighted by Gasteiger charge is -2.04. The average molecular weight is 323 g/mol. The molecule has 0 aliphatic heterocycles. The summed E-state index contributed by atoms with van der Waals surface area (Å²) in [6.07, 6.45) is 1.98. The van der Waals surface area contributed by atoms with Gasteiger partial charge in [-0.3, -0.25) is 4.79 Å². The molecule has 0 atom stereocenters. The summed E-state index contributed by atoms with van der Waals surface area (Å²) >= 11 is 4.68. The summed E-state index contributed by atoms with van der Waals surface area (Å²) in [4.78, 5) is 11.6. The molecule has 0 aliphatic rings. The highest BCUT2D eigenvalue weighted by Crippen LogP contribution is 2.25. The highest BCUT2D eigenvalue weighted by molar-refractivity contribution is 9.10. The second kappa shape index (κ2) is 5.84. The maximum absolute atomic E-state index is 11.0. The van der Waals surface area contributed by atoms with Gasteiger partial charge in [0.15, 0.2) is 6.29 Å². The van der Waals surface area contributed by atoms with Crippen molar-refractivity contribution in [2.24, 2.45) is 0 Å². The Balaban J connectivity index is 2.73. The summed E-state index contributed by atoms with van der Waals surface area (Å²) < 4.78 is 22.8. The van der Waals surface area contributed by atoms with Crippen molar-refractivity contribution in [3.8, 4) is 0 Å². The van der Waals surface area contributed by atoms with E-state index in [-0.39, 0.29) is 5.75 Å². The summed E-state index contributed by atoms with van der Waals surface area (Å²) in [5.74, 6) is 0.568. The van der Waals surface area contributed by atoms with E-state index >= 15 is 0 Å². The van der Waals surface area contributed by atoms with Crippen molar-refractivity contribution >= 4 is 43.8 Å². The first kappa shape index (κ1) is 13.7. The van der Waals surface area contributed by atoms with Crippen molar-refractivity contribution in [2.75, 3.05) is 17.8 Å². The molecule has 1 rings (SSSR count). The monoisotopic (exact) mass is 322 g/mol. The van der Waals surface area contributed by atoms with Gasteiger partial charge in [0.2, 0.25) is 0 Å². The predicted molar refractivity (Wildman–Crippen MR) is 70.0 cm³/mol. The molecule has 0 bridgehead atoms. The molecule has 0 unspecified atom stereocenters. The number of rotatable bonds is 5.